The zero-order chi connectivity index (χ0) is 16.2. The van der Waals surface area contributed by atoms with Crippen LogP contribution in [0.2, 0.25) is 10.0 Å². The van der Waals surface area contributed by atoms with E-state index in [1.165, 1.54) is 0 Å². The number of rotatable bonds is 5. The van der Waals surface area contributed by atoms with Gasteiger partial charge in [-0.1, -0.05) is 29.3 Å². The van der Waals surface area contributed by atoms with Crippen LogP contribution in [0, 0.1) is 0 Å². The van der Waals surface area contributed by atoms with Crippen LogP contribution in [-0.2, 0) is 6.42 Å². The molecule has 0 saturated carbocycles. The Hall–Kier alpha value is -1.52. The summed E-state index contributed by atoms with van der Waals surface area (Å²) in [7, 11) is 0. The summed E-state index contributed by atoms with van der Waals surface area (Å²) in [4.78, 5) is 8.66. The first-order valence-electron chi connectivity index (χ1n) is 7.12. The third-order valence-corrected chi connectivity index (χ3v) is 3.44. The van der Waals surface area contributed by atoms with Crippen LogP contribution in [0.15, 0.2) is 30.5 Å². The van der Waals surface area contributed by atoms with Crippen molar-refractivity contribution in [2.24, 2.45) is 0 Å². The minimum atomic E-state index is -0.0392. The van der Waals surface area contributed by atoms with Gasteiger partial charge in [0.1, 0.15) is 5.82 Å². The standard InChI is InChI=1S/C16H20Cl2N4/c1-16(2,3)22-14-7-9-20-15(21-14)19-8-6-11-4-5-12(17)10-13(11)18/h4-5,7,9-10H,6,8H2,1-3H3,(H2,19,20,21,22). The van der Waals surface area contributed by atoms with Gasteiger partial charge in [-0.05, 0) is 51.0 Å². The van der Waals surface area contributed by atoms with Crippen LogP contribution in [0.5, 0.6) is 0 Å². The van der Waals surface area contributed by atoms with Gasteiger partial charge in [-0.25, -0.2) is 4.98 Å². The molecule has 2 rings (SSSR count). The lowest BCUT2D eigenvalue weighted by Crippen LogP contribution is -2.26. The zero-order valence-electron chi connectivity index (χ0n) is 13.0. The number of benzene rings is 1. The van der Waals surface area contributed by atoms with Gasteiger partial charge in [-0.3, -0.25) is 0 Å². The zero-order valence-corrected chi connectivity index (χ0v) is 14.5. The first-order valence-corrected chi connectivity index (χ1v) is 7.88. The summed E-state index contributed by atoms with van der Waals surface area (Å²) in [6.45, 7) is 6.96. The Labute approximate surface area is 141 Å². The highest BCUT2D eigenvalue weighted by Crippen LogP contribution is 2.21. The number of hydrogen-bond acceptors (Lipinski definition) is 4. The highest BCUT2D eigenvalue weighted by atomic mass is 35.5. The molecule has 1 heterocycles. The molecule has 0 unspecified atom stereocenters. The highest BCUT2D eigenvalue weighted by molar-refractivity contribution is 6.35. The smallest absolute Gasteiger partial charge is 0.224 e. The molecule has 22 heavy (non-hydrogen) atoms. The van der Waals surface area contributed by atoms with E-state index in [9.17, 15) is 0 Å². The molecule has 0 atom stereocenters. The summed E-state index contributed by atoms with van der Waals surface area (Å²) in [5.41, 5.74) is 1.00. The molecule has 0 amide bonds. The summed E-state index contributed by atoms with van der Waals surface area (Å²) in [5, 5.41) is 7.85. The van der Waals surface area contributed by atoms with E-state index in [0.29, 0.717) is 22.5 Å². The predicted octanol–water partition coefficient (Wildman–Crippen LogP) is 4.65. The molecule has 0 spiro atoms. The van der Waals surface area contributed by atoms with Crippen LogP contribution < -0.4 is 10.6 Å². The SMILES string of the molecule is CC(C)(C)Nc1ccnc(NCCc2ccc(Cl)cc2Cl)n1. The molecule has 0 aliphatic carbocycles. The summed E-state index contributed by atoms with van der Waals surface area (Å²) >= 11 is 12.0. The average Bonchev–Trinajstić information content (AvgIpc) is 2.40. The lowest BCUT2D eigenvalue weighted by molar-refractivity contribution is 0.630. The maximum atomic E-state index is 6.16. The van der Waals surface area contributed by atoms with Crippen LogP contribution in [0.4, 0.5) is 11.8 Å². The molecule has 2 N–H and O–H groups in total. The molecule has 6 heteroatoms. The average molecular weight is 339 g/mol. The monoisotopic (exact) mass is 338 g/mol. The number of nitrogens with zero attached hydrogens (tertiary/aromatic N) is 2. The maximum Gasteiger partial charge on any atom is 0.224 e. The fourth-order valence-electron chi connectivity index (χ4n) is 1.93. The Balaban J connectivity index is 1.93. The Bertz CT molecular complexity index is 638. The molecule has 118 valence electrons. The van der Waals surface area contributed by atoms with Crippen molar-refractivity contribution in [3.8, 4) is 0 Å². The topological polar surface area (TPSA) is 49.8 Å². The van der Waals surface area contributed by atoms with Gasteiger partial charge >= 0.3 is 0 Å². The molecular formula is C16H20Cl2N4. The second-order valence-corrected chi connectivity index (χ2v) is 6.90. The van der Waals surface area contributed by atoms with Crippen LogP contribution in [0.25, 0.3) is 0 Å². The summed E-state index contributed by atoms with van der Waals surface area (Å²) in [5.74, 6) is 1.40. The fraction of sp³-hybridized carbons (Fsp3) is 0.375. The van der Waals surface area contributed by atoms with Crippen molar-refractivity contribution in [3.63, 3.8) is 0 Å². The minimum Gasteiger partial charge on any atom is -0.365 e. The molecule has 0 saturated heterocycles. The summed E-state index contributed by atoms with van der Waals surface area (Å²) < 4.78 is 0. The largest absolute Gasteiger partial charge is 0.365 e. The van der Waals surface area contributed by atoms with E-state index in [1.807, 2.05) is 18.2 Å². The molecule has 0 fully saturated rings. The first kappa shape index (κ1) is 16.8. The van der Waals surface area contributed by atoms with Crippen molar-refractivity contribution in [1.82, 2.24) is 9.97 Å². The van der Waals surface area contributed by atoms with Crippen LogP contribution in [-0.4, -0.2) is 22.1 Å². The number of hydrogen-bond donors (Lipinski definition) is 2. The molecule has 1 aromatic heterocycles. The van der Waals surface area contributed by atoms with Gasteiger partial charge in [0.05, 0.1) is 0 Å². The van der Waals surface area contributed by atoms with Crippen LogP contribution >= 0.6 is 23.2 Å². The normalized spacial score (nSPS) is 11.3. The van der Waals surface area contributed by atoms with Gasteiger partial charge in [-0.15, -0.1) is 0 Å². The van der Waals surface area contributed by atoms with Gasteiger partial charge in [0.15, 0.2) is 0 Å². The number of halogens is 2. The first-order chi connectivity index (χ1) is 10.3. The second kappa shape index (κ2) is 7.16. The van der Waals surface area contributed by atoms with Crippen LogP contribution in [0.1, 0.15) is 26.3 Å². The number of nitrogens with one attached hydrogen (secondary N) is 2. The third-order valence-electron chi connectivity index (χ3n) is 2.85. The fourth-order valence-corrected chi connectivity index (χ4v) is 2.43. The maximum absolute atomic E-state index is 6.16. The van der Waals surface area contributed by atoms with Gasteiger partial charge in [0, 0.05) is 28.3 Å². The molecular weight excluding hydrogens is 319 g/mol. The summed E-state index contributed by atoms with van der Waals surface area (Å²) in [6.07, 6.45) is 2.51. The van der Waals surface area contributed by atoms with Crippen molar-refractivity contribution in [3.05, 3.63) is 46.1 Å². The quantitative estimate of drug-likeness (QED) is 0.833. The van der Waals surface area contributed by atoms with Gasteiger partial charge < -0.3 is 10.6 Å². The van der Waals surface area contributed by atoms with E-state index in [2.05, 4.69) is 41.4 Å². The van der Waals surface area contributed by atoms with E-state index < -0.39 is 0 Å². The van der Waals surface area contributed by atoms with E-state index in [0.717, 1.165) is 17.8 Å². The molecule has 4 nitrogen and oxygen atoms in total. The lowest BCUT2D eigenvalue weighted by atomic mass is 10.1. The molecule has 0 radical (unpaired) electrons. The Kier molecular flexibility index (Phi) is 5.48. The van der Waals surface area contributed by atoms with E-state index in [1.54, 1.807) is 12.3 Å². The molecule has 0 bridgehead atoms. The van der Waals surface area contributed by atoms with Crippen molar-refractivity contribution in [1.29, 1.82) is 0 Å². The molecule has 0 aliphatic heterocycles. The van der Waals surface area contributed by atoms with Gasteiger partial charge in [0.25, 0.3) is 0 Å². The van der Waals surface area contributed by atoms with Gasteiger partial charge in [0.2, 0.25) is 5.95 Å². The summed E-state index contributed by atoms with van der Waals surface area (Å²) in [6, 6.07) is 7.38. The highest BCUT2D eigenvalue weighted by Gasteiger charge is 2.10. The minimum absolute atomic E-state index is 0.0392. The Morgan fingerprint density at radius 1 is 1.14 bits per heavy atom. The molecule has 1 aromatic carbocycles. The molecule has 2 aromatic rings. The third kappa shape index (κ3) is 5.35. The van der Waals surface area contributed by atoms with Crippen LogP contribution in [0.3, 0.4) is 0 Å². The van der Waals surface area contributed by atoms with Crippen molar-refractivity contribution in [2.45, 2.75) is 32.7 Å². The van der Waals surface area contributed by atoms with Gasteiger partial charge in [-0.2, -0.15) is 4.98 Å². The number of aromatic nitrogens is 2. The van der Waals surface area contributed by atoms with E-state index in [-0.39, 0.29) is 5.54 Å². The molecule has 0 aliphatic rings. The predicted molar refractivity (Wildman–Crippen MR) is 94.1 cm³/mol. The van der Waals surface area contributed by atoms with Crippen molar-refractivity contribution in [2.75, 3.05) is 17.2 Å². The Morgan fingerprint density at radius 2 is 1.91 bits per heavy atom. The van der Waals surface area contributed by atoms with E-state index in [4.69, 9.17) is 23.2 Å². The van der Waals surface area contributed by atoms with E-state index >= 15 is 0 Å². The Morgan fingerprint density at radius 3 is 2.59 bits per heavy atom. The second-order valence-electron chi connectivity index (χ2n) is 6.05. The number of anilines is 2. The van der Waals surface area contributed by atoms with Crippen molar-refractivity contribution >= 4 is 35.0 Å². The van der Waals surface area contributed by atoms with Crippen molar-refractivity contribution < 1.29 is 0 Å². The lowest BCUT2D eigenvalue weighted by Gasteiger charge is -2.21.